The fourth-order valence-corrected chi connectivity index (χ4v) is 13.0. The predicted octanol–water partition coefficient (Wildman–Crippen LogP) is 14.1. The van der Waals surface area contributed by atoms with Crippen LogP contribution < -0.4 is 15.0 Å². The number of rotatable bonds is 11. The van der Waals surface area contributed by atoms with Gasteiger partial charge in [-0.15, -0.1) is 0 Å². The van der Waals surface area contributed by atoms with E-state index in [1.165, 1.54) is 18.2 Å². The van der Waals surface area contributed by atoms with Crippen LogP contribution in [-0.4, -0.2) is 137 Å². The number of carbonyl (C=O) groups excluding carboxylic acids is 2. The zero-order chi connectivity index (χ0) is 65.5. The third-order valence-corrected chi connectivity index (χ3v) is 17.9. The predicted molar refractivity (Wildman–Crippen MR) is 360 cm³/mol. The van der Waals surface area contributed by atoms with Gasteiger partial charge in [0.2, 0.25) is 5.91 Å². The molecular weight excluding hydrogens is 1310 g/mol. The number of aromatic amines is 5. The van der Waals surface area contributed by atoms with Gasteiger partial charge in [-0.05, 0) is 126 Å². The molecule has 1 atom stereocenters. The molecule has 5 aromatic heterocycles. The topological polar surface area (TPSA) is 274 Å². The van der Waals surface area contributed by atoms with Crippen LogP contribution in [0.4, 0.5) is 10.1 Å². The number of nitrogens with zero attached hydrogens (tertiary/aromatic N) is 7. The number of halogens is 6. The minimum Gasteiger partial charge on any atom is -0.493 e. The molecule has 0 bridgehead atoms. The van der Waals surface area contributed by atoms with Crippen molar-refractivity contribution in [3.8, 4) is 28.0 Å². The van der Waals surface area contributed by atoms with Gasteiger partial charge in [0, 0.05) is 93.6 Å². The summed E-state index contributed by atoms with van der Waals surface area (Å²) < 4.78 is 65.8. The third-order valence-electron chi connectivity index (χ3n) is 14.3. The quantitative estimate of drug-likeness (QED) is 0.0704. The van der Waals surface area contributed by atoms with E-state index in [0.29, 0.717) is 49.2 Å². The van der Waals surface area contributed by atoms with Gasteiger partial charge in [0.25, 0.3) is 5.91 Å². The summed E-state index contributed by atoms with van der Waals surface area (Å²) in [5.74, 6) is 0.782. The number of amides is 2. The highest BCUT2D eigenvalue weighted by molar-refractivity contribution is 7.91. The Labute approximate surface area is 547 Å². The molecular formula is C63H61Cl5FN13O7S2. The van der Waals surface area contributed by atoms with Crippen LogP contribution in [0.5, 0.6) is 5.75 Å². The summed E-state index contributed by atoms with van der Waals surface area (Å²) in [6.45, 7) is 9.07. The Balaban J connectivity index is 0.000000136. The van der Waals surface area contributed by atoms with E-state index in [1.807, 2.05) is 43.5 Å². The second-order valence-electron chi connectivity index (χ2n) is 21.8. The number of aromatic nitrogens is 10. The Hall–Kier alpha value is -8.29. The minimum atomic E-state index is -3.59. The number of hydrogen-bond donors (Lipinski definition) is 6. The summed E-state index contributed by atoms with van der Waals surface area (Å²) in [6.07, 6.45) is 11.5. The number of nitrogens with one attached hydrogen (secondary N) is 6. The first kappa shape index (κ1) is 67.1. The standard InChI is InChI=1S/C14H10Cl2N2O2S.C14H10ClFN2O2S.C14H17ClN4O.C11H14N2O.C10H10ClN3O/c2*1-21(19,20)14-3-2-8(4-12(14)16)10-5-9(15)6-13-11(10)7-17-18-13;1-18(2)14(20)9-3-4-19(8-9)13-6-10(15)5-12-11(13)7-16-17-12;1-8(2)7-14-11-5-3-4-10-9(11)6-12-13-10;1-2-12-10(15)7-3-6(11)4-9-8(7)5-13-14-9/h2*2-7H,1H3,(H,17,18);5-7,9H,3-4,8H2,1-2H3,(H,16,17);3-6,8H,7H2,1-2H3,(H,12,13);3-5H,2H2,1H3,(H,12,15)(H,13,14). The zero-order valence-corrected chi connectivity index (χ0v) is 55.4. The largest absolute Gasteiger partial charge is 0.493 e. The van der Waals surface area contributed by atoms with Crippen molar-refractivity contribution in [1.29, 1.82) is 0 Å². The molecule has 6 N–H and O–H groups in total. The lowest BCUT2D eigenvalue weighted by molar-refractivity contribution is -0.132. The Kier molecular flexibility index (Phi) is 21.3. The number of carbonyl (C=O) groups is 2. The normalized spacial score (nSPS) is 13.1. The third kappa shape index (κ3) is 16.3. The molecule has 474 valence electrons. The van der Waals surface area contributed by atoms with E-state index in [4.69, 9.17) is 62.7 Å². The van der Waals surface area contributed by atoms with Crippen molar-refractivity contribution < 1.29 is 35.6 Å². The van der Waals surface area contributed by atoms with Gasteiger partial charge in [-0.3, -0.25) is 35.1 Å². The second kappa shape index (κ2) is 28.9. The molecule has 28 heteroatoms. The summed E-state index contributed by atoms with van der Waals surface area (Å²) in [7, 11) is -3.33. The Morgan fingerprint density at radius 1 is 0.626 bits per heavy atom. The van der Waals surface area contributed by atoms with Crippen molar-refractivity contribution in [3.63, 3.8) is 0 Å². The highest BCUT2D eigenvalue weighted by Gasteiger charge is 2.30. The molecule has 20 nitrogen and oxygen atoms in total. The first-order chi connectivity index (χ1) is 43.3. The summed E-state index contributed by atoms with van der Waals surface area (Å²) in [6, 6.07) is 28.9. The summed E-state index contributed by atoms with van der Waals surface area (Å²) in [5, 5.41) is 43.9. The van der Waals surface area contributed by atoms with Gasteiger partial charge in [0.05, 0.1) is 92.0 Å². The van der Waals surface area contributed by atoms with Crippen LogP contribution in [0.2, 0.25) is 25.1 Å². The first-order valence-electron chi connectivity index (χ1n) is 28.1. The van der Waals surface area contributed by atoms with Gasteiger partial charge in [-0.1, -0.05) is 90.1 Å². The number of sulfone groups is 2. The SMILES string of the molecule is CC(C)COc1cccc2[nH]ncc12.CCNC(=O)c1cc(Cl)cc2[nH]ncc12.CN(C)C(=O)C1CCN(c2cc(Cl)cc3[nH]ncc23)C1.CS(=O)(=O)c1ccc(-c2cc(Cl)cc3[nH]ncc23)cc1Cl.CS(=O)(=O)c1ccc(-c2cc(Cl)cc3[nH]ncc23)cc1F. The van der Waals surface area contributed by atoms with Crippen molar-refractivity contribution in [2.75, 3.05) is 57.7 Å². The van der Waals surface area contributed by atoms with E-state index in [9.17, 15) is 30.8 Å². The van der Waals surface area contributed by atoms with E-state index >= 15 is 0 Å². The van der Waals surface area contributed by atoms with Crippen molar-refractivity contribution in [1.82, 2.24) is 61.2 Å². The van der Waals surface area contributed by atoms with Crippen LogP contribution in [0, 0.1) is 17.7 Å². The highest BCUT2D eigenvalue weighted by Crippen LogP contribution is 2.37. The van der Waals surface area contributed by atoms with E-state index in [0.717, 1.165) is 116 Å². The van der Waals surface area contributed by atoms with Crippen LogP contribution >= 0.6 is 58.0 Å². The summed E-state index contributed by atoms with van der Waals surface area (Å²) in [4.78, 5) is 27.4. The smallest absolute Gasteiger partial charge is 0.252 e. The van der Waals surface area contributed by atoms with Crippen LogP contribution in [-0.2, 0) is 24.5 Å². The molecule has 1 unspecified atom stereocenters. The molecule has 1 aliphatic rings. The molecule has 91 heavy (non-hydrogen) atoms. The fourth-order valence-electron chi connectivity index (χ4n) is 10.0. The van der Waals surface area contributed by atoms with Crippen molar-refractivity contribution in [2.24, 2.45) is 11.8 Å². The first-order valence-corrected chi connectivity index (χ1v) is 33.7. The maximum atomic E-state index is 14.0. The second-order valence-corrected chi connectivity index (χ2v) is 27.9. The van der Waals surface area contributed by atoms with Gasteiger partial charge in [-0.25, -0.2) is 21.2 Å². The molecule has 1 fully saturated rings. The molecule has 2 amide bonds. The molecule has 1 aliphatic heterocycles. The maximum absolute atomic E-state index is 14.0. The summed E-state index contributed by atoms with van der Waals surface area (Å²) in [5.41, 5.74) is 8.69. The lowest BCUT2D eigenvalue weighted by Crippen LogP contribution is -2.31. The zero-order valence-electron chi connectivity index (χ0n) is 50.0. The molecule has 0 radical (unpaired) electrons. The Bertz CT molecular complexity index is 4700. The number of hydrogen-bond acceptors (Lipinski definition) is 13. The van der Waals surface area contributed by atoms with Gasteiger partial charge < -0.3 is 19.9 Å². The molecule has 6 heterocycles. The number of fused-ring (bicyclic) bond motifs is 5. The van der Waals surface area contributed by atoms with E-state index in [2.05, 4.69) is 75.1 Å². The number of H-pyrrole nitrogens is 5. The van der Waals surface area contributed by atoms with Gasteiger partial charge >= 0.3 is 0 Å². The van der Waals surface area contributed by atoms with Gasteiger partial charge in [0.15, 0.2) is 19.7 Å². The fraction of sp³-hybridized carbons (Fsp3) is 0.222. The van der Waals surface area contributed by atoms with Crippen molar-refractivity contribution in [3.05, 3.63) is 171 Å². The molecule has 0 spiro atoms. The number of anilines is 1. The average Bonchev–Trinajstić information content (AvgIpc) is 1.88. The van der Waals surface area contributed by atoms with Crippen molar-refractivity contribution >= 4 is 150 Å². The minimum absolute atomic E-state index is 0.0610. The van der Waals surface area contributed by atoms with Gasteiger partial charge in [-0.2, -0.15) is 25.5 Å². The highest BCUT2D eigenvalue weighted by atomic mass is 35.5. The number of benzene rings is 7. The lowest BCUT2D eigenvalue weighted by Gasteiger charge is -2.21. The van der Waals surface area contributed by atoms with E-state index in [1.54, 1.807) is 98.4 Å². The number of ether oxygens (including phenoxy) is 1. The van der Waals surface area contributed by atoms with Gasteiger partial charge in [0.1, 0.15) is 16.5 Å². The van der Waals surface area contributed by atoms with Crippen LogP contribution in [0.25, 0.3) is 76.8 Å². The maximum Gasteiger partial charge on any atom is 0.252 e. The molecule has 7 aromatic carbocycles. The van der Waals surface area contributed by atoms with Crippen LogP contribution in [0.1, 0.15) is 37.6 Å². The van der Waals surface area contributed by atoms with Crippen LogP contribution in [0.15, 0.2) is 144 Å². The molecule has 12 aromatic rings. The summed E-state index contributed by atoms with van der Waals surface area (Å²) >= 11 is 30.3. The monoisotopic (exact) mass is 1370 g/mol. The molecule has 0 saturated carbocycles. The molecule has 0 aliphatic carbocycles. The van der Waals surface area contributed by atoms with Crippen molar-refractivity contribution in [2.45, 2.75) is 37.0 Å². The molecule has 13 rings (SSSR count). The van der Waals surface area contributed by atoms with E-state index < -0.39 is 25.5 Å². The van der Waals surface area contributed by atoms with Crippen LogP contribution in [0.3, 0.4) is 0 Å². The lowest BCUT2D eigenvalue weighted by atomic mass is 10.0. The Morgan fingerprint density at radius 2 is 1.11 bits per heavy atom. The Morgan fingerprint density at radius 3 is 1.64 bits per heavy atom. The van der Waals surface area contributed by atoms with E-state index in [-0.39, 0.29) is 32.5 Å². The molecule has 1 saturated heterocycles. The average molecular weight is 1370 g/mol.